The van der Waals surface area contributed by atoms with Crippen LogP contribution in [-0.2, 0) is 6.54 Å². The average molecular weight is 367 g/mol. The van der Waals surface area contributed by atoms with Crippen LogP contribution in [0.3, 0.4) is 0 Å². The fourth-order valence-corrected chi connectivity index (χ4v) is 3.55. The second-order valence-electron chi connectivity index (χ2n) is 6.64. The number of fused-ring (bicyclic) bond motifs is 4. The third-order valence-corrected chi connectivity index (χ3v) is 4.97. The van der Waals surface area contributed by atoms with Crippen molar-refractivity contribution in [2.24, 2.45) is 0 Å². The molecule has 0 aliphatic rings. The summed E-state index contributed by atoms with van der Waals surface area (Å²) in [4.78, 5) is 22.6. The Balaban J connectivity index is 1.68. The Kier molecular flexibility index (Phi) is 3.79. The summed E-state index contributed by atoms with van der Waals surface area (Å²) in [5.41, 5.74) is 4.80. The van der Waals surface area contributed by atoms with Crippen LogP contribution in [0.5, 0.6) is 5.75 Å². The number of nitrogens with zero attached hydrogens (tertiary/aromatic N) is 3. The highest BCUT2D eigenvalue weighted by Crippen LogP contribution is 2.28. The summed E-state index contributed by atoms with van der Waals surface area (Å²) in [5, 5.41) is 0.998. The van der Waals surface area contributed by atoms with Crippen molar-refractivity contribution in [2.45, 2.75) is 6.54 Å². The molecule has 0 saturated carbocycles. The van der Waals surface area contributed by atoms with E-state index in [4.69, 9.17) is 14.7 Å². The first kappa shape index (κ1) is 16.4. The maximum atomic E-state index is 13.0. The molecule has 0 unspecified atom stereocenters. The summed E-state index contributed by atoms with van der Waals surface area (Å²) >= 11 is 0. The minimum absolute atomic E-state index is 0.0141. The number of para-hydroxylation sites is 3. The first-order chi connectivity index (χ1) is 13.7. The minimum Gasteiger partial charge on any atom is -0.497 e. The first-order valence-corrected chi connectivity index (χ1v) is 9.05. The Bertz CT molecular complexity index is 1340. The zero-order valence-electron chi connectivity index (χ0n) is 15.3. The van der Waals surface area contributed by atoms with E-state index < -0.39 is 0 Å². The predicted molar refractivity (Wildman–Crippen MR) is 110 cm³/mol. The molecule has 5 rings (SSSR count). The van der Waals surface area contributed by atoms with Gasteiger partial charge >= 0.3 is 0 Å². The molecule has 5 nitrogen and oxygen atoms in total. The monoisotopic (exact) mass is 367 g/mol. The molecule has 0 aliphatic heterocycles. The third-order valence-electron chi connectivity index (χ3n) is 4.97. The van der Waals surface area contributed by atoms with E-state index in [1.54, 1.807) is 31.4 Å². The van der Waals surface area contributed by atoms with E-state index in [2.05, 4.69) is 0 Å². The van der Waals surface area contributed by atoms with Crippen LogP contribution in [0.2, 0.25) is 0 Å². The molecule has 5 heteroatoms. The summed E-state index contributed by atoms with van der Waals surface area (Å²) in [6, 6.07) is 22.9. The van der Waals surface area contributed by atoms with Crippen LogP contribution >= 0.6 is 0 Å². The molecule has 0 atom stereocenters. The fraction of sp³-hybridized carbons (Fsp3) is 0.0870. The Morgan fingerprint density at radius 3 is 2.32 bits per heavy atom. The van der Waals surface area contributed by atoms with Crippen LogP contribution < -0.4 is 4.74 Å². The number of hydrogen-bond acceptors (Lipinski definition) is 4. The molecular weight excluding hydrogens is 350 g/mol. The van der Waals surface area contributed by atoms with Crippen LogP contribution in [0.25, 0.3) is 33.1 Å². The lowest BCUT2D eigenvalue weighted by Gasteiger charge is -2.07. The Morgan fingerprint density at radius 1 is 0.893 bits per heavy atom. The highest BCUT2D eigenvalue weighted by molar-refractivity contribution is 6.08. The lowest BCUT2D eigenvalue weighted by molar-refractivity contribution is 0.0974. The van der Waals surface area contributed by atoms with Crippen molar-refractivity contribution in [3.63, 3.8) is 0 Å². The van der Waals surface area contributed by atoms with E-state index in [0.29, 0.717) is 5.56 Å². The maximum absolute atomic E-state index is 13.0. The standard InChI is InChI=1S/C23H17N3O2/c1-28-16-12-10-15(11-13-16)21(27)14-26-20-9-5-2-6-17(20)22-23(26)25-19-8-4-3-7-18(19)24-22/h2-13H,14H2,1H3. The van der Waals surface area contributed by atoms with Gasteiger partial charge in [0.1, 0.15) is 11.3 Å². The summed E-state index contributed by atoms with van der Waals surface area (Å²) in [5.74, 6) is 0.742. The van der Waals surface area contributed by atoms with Crippen molar-refractivity contribution in [3.05, 3.63) is 78.4 Å². The van der Waals surface area contributed by atoms with Gasteiger partial charge in [0, 0.05) is 10.9 Å². The van der Waals surface area contributed by atoms with Crippen LogP contribution in [0.15, 0.2) is 72.8 Å². The zero-order chi connectivity index (χ0) is 19.1. The molecule has 28 heavy (non-hydrogen) atoms. The van der Waals surface area contributed by atoms with Crippen LogP contribution in [-0.4, -0.2) is 27.4 Å². The van der Waals surface area contributed by atoms with Gasteiger partial charge < -0.3 is 9.30 Å². The van der Waals surface area contributed by atoms with Gasteiger partial charge in [0.2, 0.25) is 0 Å². The highest BCUT2D eigenvalue weighted by Gasteiger charge is 2.17. The Labute approximate surface area is 161 Å². The predicted octanol–water partition coefficient (Wildman–Crippen LogP) is 4.63. The van der Waals surface area contributed by atoms with Gasteiger partial charge in [0.05, 0.1) is 30.2 Å². The van der Waals surface area contributed by atoms with E-state index in [1.807, 2.05) is 53.1 Å². The normalized spacial score (nSPS) is 11.3. The second kappa shape index (κ2) is 6.46. The lowest BCUT2D eigenvalue weighted by Crippen LogP contribution is -2.11. The molecule has 5 aromatic rings. The van der Waals surface area contributed by atoms with Gasteiger partial charge in [-0.3, -0.25) is 4.79 Å². The molecule has 2 aromatic heterocycles. The fourth-order valence-electron chi connectivity index (χ4n) is 3.55. The number of methoxy groups -OCH3 is 1. The molecule has 0 saturated heterocycles. The molecule has 0 fully saturated rings. The first-order valence-electron chi connectivity index (χ1n) is 9.05. The quantitative estimate of drug-likeness (QED) is 0.435. The molecule has 0 N–H and O–H groups in total. The number of benzene rings is 3. The van der Waals surface area contributed by atoms with E-state index in [-0.39, 0.29) is 12.3 Å². The number of rotatable bonds is 4. The van der Waals surface area contributed by atoms with Crippen LogP contribution in [0.4, 0.5) is 0 Å². The number of aromatic nitrogens is 3. The highest BCUT2D eigenvalue weighted by atomic mass is 16.5. The summed E-state index contributed by atoms with van der Waals surface area (Å²) in [7, 11) is 1.61. The van der Waals surface area contributed by atoms with Crippen LogP contribution in [0, 0.1) is 0 Å². The smallest absolute Gasteiger partial charge is 0.182 e. The number of Topliss-reactive ketones (excluding diaryl/α,β-unsaturated/α-hetero) is 1. The molecule has 2 heterocycles. The SMILES string of the molecule is COc1ccc(C(=O)Cn2c3ccccc3c3nc4ccccc4nc32)cc1. The van der Waals surface area contributed by atoms with Crippen molar-refractivity contribution in [1.82, 2.24) is 14.5 Å². The summed E-state index contributed by atoms with van der Waals surface area (Å²) in [6.45, 7) is 0.198. The lowest BCUT2D eigenvalue weighted by atomic mass is 10.1. The molecule has 3 aromatic carbocycles. The molecule has 0 bridgehead atoms. The van der Waals surface area contributed by atoms with Crippen molar-refractivity contribution in [3.8, 4) is 5.75 Å². The maximum Gasteiger partial charge on any atom is 0.182 e. The Hall–Kier alpha value is -3.73. The van der Waals surface area contributed by atoms with Crippen molar-refractivity contribution >= 4 is 38.9 Å². The number of carbonyl (C=O) groups is 1. The van der Waals surface area contributed by atoms with Gasteiger partial charge in [-0.25, -0.2) is 9.97 Å². The van der Waals surface area contributed by atoms with E-state index in [1.165, 1.54) is 0 Å². The van der Waals surface area contributed by atoms with E-state index >= 15 is 0 Å². The van der Waals surface area contributed by atoms with E-state index in [0.717, 1.165) is 38.8 Å². The van der Waals surface area contributed by atoms with Crippen molar-refractivity contribution in [1.29, 1.82) is 0 Å². The summed E-state index contributed by atoms with van der Waals surface area (Å²) < 4.78 is 7.13. The van der Waals surface area contributed by atoms with Gasteiger partial charge in [-0.05, 0) is 42.5 Å². The zero-order valence-corrected chi connectivity index (χ0v) is 15.3. The van der Waals surface area contributed by atoms with Gasteiger partial charge in [-0.1, -0.05) is 30.3 Å². The minimum atomic E-state index is 0.0141. The second-order valence-corrected chi connectivity index (χ2v) is 6.64. The van der Waals surface area contributed by atoms with Gasteiger partial charge in [0.25, 0.3) is 0 Å². The topological polar surface area (TPSA) is 57.0 Å². The Morgan fingerprint density at radius 2 is 1.57 bits per heavy atom. The molecule has 0 spiro atoms. The average Bonchev–Trinajstić information content (AvgIpc) is 3.05. The van der Waals surface area contributed by atoms with Crippen molar-refractivity contribution in [2.75, 3.05) is 7.11 Å². The van der Waals surface area contributed by atoms with Gasteiger partial charge in [0.15, 0.2) is 11.4 Å². The number of ether oxygens (including phenoxy) is 1. The van der Waals surface area contributed by atoms with Gasteiger partial charge in [-0.2, -0.15) is 0 Å². The number of carbonyl (C=O) groups excluding carboxylic acids is 1. The van der Waals surface area contributed by atoms with Crippen molar-refractivity contribution < 1.29 is 9.53 Å². The molecular formula is C23H17N3O2. The molecule has 136 valence electrons. The van der Waals surface area contributed by atoms with Crippen LogP contribution in [0.1, 0.15) is 10.4 Å². The number of hydrogen-bond donors (Lipinski definition) is 0. The van der Waals surface area contributed by atoms with E-state index in [9.17, 15) is 4.79 Å². The summed E-state index contributed by atoms with van der Waals surface area (Å²) in [6.07, 6.45) is 0. The number of ketones is 1. The van der Waals surface area contributed by atoms with Gasteiger partial charge in [-0.15, -0.1) is 0 Å². The molecule has 0 radical (unpaired) electrons. The third kappa shape index (κ3) is 2.60. The molecule has 0 amide bonds. The largest absolute Gasteiger partial charge is 0.497 e. The molecule has 0 aliphatic carbocycles.